The van der Waals surface area contributed by atoms with E-state index in [2.05, 4.69) is 25.9 Å². The van der Waals surface area contributed by atoms with Gasteiger partial charge in [-0.2, -0.15) is 0 Å². The van der Waals surface area contributed by atoms with Crippen molar-refractivity contribution in [1.82, 2.24) is 30.8 Å². The minimum Gasteiger partial charge on any atom is -0.392 e. The van der Waals surface area contributed by atoms with Crippen LogP contribution in [0.3, 0.4) is 0 Å². The summed E-state index contributed by atoms with van der Waals surface area (Å²) in [6.07, 6.45) is 0. The number of aromatic nitrogens is 4. The lowest BCUT2D eigenvalue weighted by molar-refractivity contribution is -0.152. The molecule has 5 N–H and O–H groups in total. The molecule has 11 heteroatoms. The van der Waals surface area contributed by atoms with Gasteiger partial charge in [0, 0.05) is 4.75 Å². The number of aromatic amines is 1. The van der Waals surface area contributed by atoms with Crippen LogP contribution in [0.25, 0.3) is 0 Å². The van der Waals surface area contributed by atoms with Crippen molar-refractivity contribution in [2.75, 3.05) is 0 Å². The van der Waals surface area contributed by atoms with Crippen LogP contribution >= 0.6 is 11.8 Å². The van der Waals surface area contributed by atoms with Crippen molar-refractivity contribution in [3.8, 4) is 0 Å². The summed E-state index contributed by atoms with van der Waals surface area (Å²) in [5.74, 6) is -0.0719. The number of nitrogens with one attached hydrogen (secondary N) is 2. The molecule has 0 saturated carbocycles. The summed E-state index contributed by atoms with van der Waals surface area (Å²) in [5, 5.41) is 25.6. The largest absolute Gasteiger partial charge is 0.392 e. The number of rotatable bonds is 5. The summed E-state index contributed by atoms with van der Waals surface area (Å²) < 4.78 is -0.316. The minimum absolute atomic E-state index is 0.0787. The first kappa shape index (κ1) is 18.8. The average Bonchev–Trinajstić information content (AvgIpc) is 3.29. The van der Waals surface area contributed by atoms with Gasteiger partial charge in [-0.25, -0.2) is 5.10 Å². The number of tetrazole rings is 1. The Morgan fingerprint density at radius 3 is 2.75 bits per heavy atom. The van der Waals surface area contributed by atoms with Crippen LogP contribution in [0.15, 0.2) is 24.3 Å². The molecule has 1 aromatic carbocycles. The van der Waals surface area contributed by atoms with E-state index in [-0.39, 0.29) is 28.7 Å². The minimum atomic E-state index is -0.900. The van der Waals surface area contributed by atoms with Gasteiger partial charge in [0.1, 0.15) is 23.5 Å². The molecule has 148 valence electrons. The maximum atomic E-state index is 12.8. The van der Waals surface area contributed by atoms with Gasteiger partial charge in [0.05, 0.1) is 6.61 Å². The van der Waals surface area contributed by atoms with Gasteiger partial charge in [-0.15, -0.1) is 16.9 Å². The predicted molar refractivity (Wildman–Crippen MR) is 100 cm³/mol. The van der Waals surface area contributed by atoms with Crippen LogP contribution < -0.4 is 11.1 Å². The monoisotopic (exact) mass is 403 g/mol. The molecule has 10 nitrogen and oxygen atoms in total. The van der Waals surface area contributed by atoms with E-state index in [4.69, 9.17) is 10.8 Å². The van der Waals surface area contributed by atoms with Crippen molar-refractivity contribution in [3.05, 3.63) is 41.2 Å². The molecule has 1 aromatic heterocycles. The van der Waals surface area contributed by atoms with Crippen LogP contribution in [0.2, 0.25) is 0 Å². The molecule has 28 heavy (non-hydrogen) atoms. The van der Waals surface area contributed by atoms with Gasteiger partial charge in [0.2, 0.25) is 11.8 Å². The van der Waals surface area contributed by atoms with Crippen molar-refractivity contribution in [2.45, 2.75) is 48.7 Å². The number of nitrogens with two attached hydrogens (primary N) is 1. The molecule has 0 aliphatic carbocycles. The Morgan fingerprint density at radius 2 is 2.14 bits per heavy atom. The summed E-state index contributed by atoms with van der Waals surface area (Å²) in [4.78, 5) is 27.1. The summed E-state index contributed by atoms with van der Waals surface area (Å²) in [5.41, 5.74) is 7.41. The van der Waals surface area contributed by atoms with Crippen LogP contribution in [-0.2, 0) is 16.2 Å². The summed E-state index contributed by atoms with van der Waals surface area (Å²) in [6, 6.07) is 4.99. The zero-order valence-corrected chi connectivity index (χ0v) is 16.2. The zero-order chi connectivity index (χ0) is 20.1. The fourth-order valence-corrected chi connectivity index (χ4v) is 5.33. The lowest BCUT2D eigenvalue weighted by atomic mass is 9.95. The molecule has 4 rings (SSSR count). The van der Waals surface area contributed by atoms with Crippen LogP contribution in [0, 0.1) is 0 Å². The maximum Gasteiger partial charge on any atom is 0.249 e. The molecule has 2 aliphatic heterocycles. The van der Waals surface area contributed by atoms with Crippen LogP contribution in [-0.4, -0.2) is 58.6 Å². The fraction of sp³-hybridized carbons (Fsp3) is 0.471. The number of benzene rings is 1. The summed E-state index contributed by atoms with van der Waals surface area (Å²) >= 11 is 1.60. The second-order valence-electron chi connectivity index (χ2n) is 7.41. The molecule has 2 amide bonds. The lowest BCUT2D eigenvalue weighted by Crippen LogP contribution is -2.68. The third-order valence-electron chi connectivity index (χ3n) is 5.16. The van der Waals surface area contributed by atoms with E-state index >= 15 is 0 Å². The Labute approximate surface area is 165 Å². The average molecular weight is 403 g/mol. The SMILES string of the molecule is CC1(C)S[C@@H]2C(NC(=O)C(N)c3ccc(CO)cc3)C(=O)N2C1c1nnn[nH]1. The van der Waals surface area contributed by atoms with Gasteiger partial charge in [-0.1, -0.05) is 24.3 Å². The standard InChI is InChI=1S/C17H21N7O3S/c1-17(2)12(13-20-22-23-21-13)24-15(27)11(16(24)28-17)19-14(26)10(18)9-5-3-8(7-25)4-6-9/h3-6,10-12,16,25H,7,18H2,1-2H3,(H,19,26)(H,20,21,22,23)/t10?,11?,12?,16-/m1/s1. The molecule has 4 atom stereocenters. The smallest absolute Gasteiger partial charge is 0.249 e. The molecule has 2 aromatic rings. The number of β-lactam (4-membered cyclic amide) rings is 1. The first-order valence-corrected chi connectivity index (χ1v) is 9.70. The Kier molecular flexibility index (Phi) is 4.60. The van der Waals surface area contributed by atoms with Gasteiger partial charge in [0.15, 0.2) is 5.82 Å². The summed E-state index contributed by atoms with van der Waals surface area (Å²) in [6.45, 7) is 3.96. The molecule has 2 aliphatic rings. The van der Waals surface area contributed by atoms with Crippen LogP contribution in [0.1, 0.15) is 42.9 Å². The number of hydrogen-bond acceptors (Lipinski definition) is 8. The maximum absolute atomic E-state index is 12.8. The number of hydrogen-bond donors (Lipinski definition) is 4. The van der Waals surface area contributed by atoms with E-state index in [1.165, 1.54) is 0 Å². The third-order valence-corrected chi connectivity index (χ3v) is 6.73. The Bertz CT molecular complexity index is 887. The second kappa shape index (κ2) is 6.83. The Morgan fingerprint density at radius 1 is 1.43 bits per heavy atom. The topological polar surface area (TPSA) is 150 Å². The van der Waals surface area contributed by atoms with Gasteiger partial charge in [-0.3, -0.25) is 9.59 Å². The predicted octanol–water partition coefficient (Wildman–Crippen LogP) is -0.388. The molecule has 2 saturated heterocycles. The highest BCUT2D eigenvalue weighted by Crippen LogP contribution is 2.56. The number of H-pyrrole nitrogens is 1. The normalized spacial score (nSPS) is 26.5. The molecular formula is C17H21N7O3S. The van der Waals surface area contributed by atoms with Crippen molar-refractivity contribution >= 4 is 23.6 Å². The van der Waals surface area contributed by atoms with Gasteiger partial charge >= 0.3 is 0 Å². The Hall–Kier alpha value is -2.50. The number of amides is 2. The number of fused-ring (bicyclic) bond motifs is 1. The summed E-state index contributed by atoms with van der Waals surface area (Å²) in [7, 11) is 0. The van der Waals surface area contributed by atoms with E-state index in [1.807, 2.05) is 13.8 Å². The van der Waals surface area contributed by atoms with Crippen molar-refractivity contribution in [1.29, 1.82) is 0 Å². The number of thioether (sulfide) groups is 1. The highest BCUT2D eigenvalue weighted by molar-refractivity contribution is 8.01. The zero-order valence-electron chi connectivity index (χ0n) is 15.4. The van der Waals surface area contributed by atoms with Gasteiger partial charge < -0.3 is 21.1 Å². The molecule has 0 radical (unpaired) electrons. The quantitative estimate of drug-likeness (QED) is 0.493. The number of carbonyl (C=O) groups excluding carboxylic acids is 2. The number of carbonyl (C=O) groups is 2. The van der Waals surface area contributed by atoms with E-state index in [1.54, 1.807) is 40.9 Å². The molecule has 0 bridgehead atoms. The number of nitrogens with zero attached hydrogens (tertiary/aromatic N) is 4. The molecule has 3 unspecified atom stereocenters. The molecular weight excluding hydrogens is 382 g/mol. The number of aliphatic hydroxyl groups is 1. The van der Waals surface area contributed by atoms with E-state index in [9.17, 15) is 9.59 Å². The number of aliphatic hydroxyl groups excluding tert-OH is 1. The highest BCUT2D eigenvalue weighted by Gasteiger charge is 2.63. The van der Waals surface area contributed by atoms with Gasteiger partial charge in [-0.05, 0) is 35.4 Å². The Balaban J connectivity index is 1.46. The van der Waals surface area contributed by atoms with Crippen molar-refractivity contribution in [3.63, 3.8) is 0 Å². The fourth-order valence-electron chi connectivity index (χ4n) is 3.70. The van der Waals surface area contributed by atoms with Gasteiger partial charge in [0.25, 0.3) is 0 Å². The molecule has 2 fully saturated rings. The van der Waals surface area contributed by atoms with Crippen LogP contribution in [0.4, 0.5) is 0 Å². The van der Waals surface area contributed by atoms with E-state index in [0.717, 1.165) is 5.56 Å². The molecule has 0 spiro atoms. The third kappa shape index (κ3) is 2.95. The highest BCUT2D eigenvalue weighted by atomic mass is 32.2. The van der Waals surface area contributed by atoms with Crippen LogP contribution in [0.5, 0.6) is 0 Å². The second-order valence-corrected chi connectivity index (χ2v) is 9.18. The van der Waals surface area contributed by atoms with E-state index < -0.39 is 18.0 Å². The molecule has 3 heterocycles. The van der Waals surface area contributed by atoms with E-state index in [0.29, 0.717) is 11.4 Å². The first-order valence-electron chi connectivity index (χ1n) is 8.83. The first-order chi connectivity index (χ1) is 13.3. The van der Waals surface area contributed by atoms with Crippen molar-refractivity contribution in [2.24, 2.45) is 5.73 Å². The van der Waals surface area contributed by atoms with Crippen molar-refractivity contribution < 1.29 is 14.7 Å². The lowest BCUT2D eigenvalue weighted by Gasteiger charge is -2.44.